The maximum absolute atomic E-state index is 12.1. The summed E-state index contributed by atoms with van der Waals surface area (Å²) in [5, 5.41) is 0. The van der Waals surface area contributed by atoms with Crippen LogP contribution < -0.4 is 0 Å². The Morgan fingerprint density at radius 1 is 0.769 bits per heavy atom. The van der Waals surface area contributed by atoms with Gasteiger partial charge in [-0.05, 0) is 36.5 Å². The number of ether oxygens (including phenoxy) is 1. The first kappa shape index (κ1) is 19.9. The number of benzene rings is 2. The molecular weight excluding hydrogens is 324 g/mol. The molecule has 0 saturated carbocycles. The molecule has 0 heterocycles. The lowest BCUT2D eigenvalue weighted by Gasteiger charge is -2.05. The minimum absolute atomic E-state index is 0.123. The third-order valence-corrected chi connectivity index (χ3v) is 4.35. The topological polar surface area (TPSA) is 43.4 Å². The Bertz CT molecular complexity index is 674. The van der Waals surface area contributed by atoms with Crippen LogP contribution in [-0.4, -0.2) is 18.4 Å². The number of carbonyl (C=O) groups is 2. The Labute approximate surface area is 156 Å². The molecule has 26 heavy (non-hydrogen) atoms. The Morgan fingerprint density at radius 2 is 1.38 bits per heavy atom. The average molecular weight is 352 g/mol. The number of hydrogen-bond acceptors (Lipinski definition) is 3. The lowest BCUT2D eigenvalue weighted by Crippen LogP contribution is -2.04. The molecule has 0 N–H and O–H groups in total. The average Bonchev–Trinajstić information content (AvgIpc) is 2.66. The summed E-state index contributed by atoms with van der Waals surface area (Å²) in [6, 6.07) is 18.5. The zero-order valence-corrected chi connectivity index (χ0v) is 15.6. The summed E-state index contributed by atoms with van der Waals surface area (Å²) >= 11 is 0. The quantitative estimate of drug-likeness (QED) is 0.403. The minimum atomic E-state index is -0.123. The molecule has 0 spiro atoms. The number of rotatable bonds is 11. The number of carbonyl (C=O) groups excluding carboxylic acids is 2. The molecule has 0 aromatic heterocycles. The fourth-order valence-electron chi connectivity index (χ4n) is 2.94. The van der Waals surface area contributed by atoms with E-state index in [-0.39, 0.29) is 11.8 Å². The second-order valence-corrected chi connectivity index (χ2v) is 6.50. The van der Waals surface area contributed by atoms with E-state index in [0.29, 0.717) is 25.9 Å². The van der Waals surface area contributed by atoms with Gasteiger partial charge in [0.2, 0.25) is 0 Å². The van der Waals surface area contributed by atoms with E-state index in [1.165, 1.54) is 11.1 Å². The van der Waals surface area contributed by atoms with Crippen molar-refractivity contribution >= 4 is 11.8 Å². The van der Waals surface area contributed by atoms with Crippen molar-refractivity contribution in [2.45, 2.75) is 51.9 Å². The van der Waals surface area contributed by atoms with Crippen LogP contribution in [0, 0.1) is 0 Å². The molecule has 3 heteroatoms. The Balaban J connectivity index is 1.64. The molecule has 3 nitrogen and oxygen atoms in total. The van der Waals surface area contributed by atoms with E-state index in [4.69, 9.17) is 4.74 Å². The lowest BCUT2D eigenvalue weighted by molar-refractivity contribution is -0.143. The molecule has 0 saturated heterocycles. The number of esters is 1. The van der Waals surface area contributed by atoms with Crippen LogP contribution in [0.3, 0.4) is 0 Å². The highest BCUT2D eigenvalue weighted by Gasteiger charge is 2.05. The molecule has 0 aliphatic carbocycles. The highest BCUT2D eigenvalue weighted by molar-refractivity contribution is 5.81. The molecule has 0 radical (unpaired) electrons. The SMILES string of the molecule is CCOC(=O)CCCCCCC(=O)Cc1ccc(-c2ccccc2)cc1. The van der Waals surface area contributed by atoms with E-state index >= 15 is 0 Å². The number of unbranched alkanes of at least 4 members (excludes halogenated alkanes) is 3. The van der Waals surface area contributed by atoms with Crippen LogP contribution in [0.5, 0.6) is 0 Å². The van der Waals surface area contributed by atoms with E-state index < -0.39 is 0 Å². The van der Waals surface area contributed by atoms with Gasteiger partial charge in [-0.15, -0.1) is 0 Å². The second kappa shape index (κ2) is 11.2. The molecule has 0 amide bonds. The summed E-state index contributed by atoms with van der Waals surface area (Å²) in [5.41, 5.74) is 3.42. The van der Waals surface area contributed by atoms with Crippen LogP contribution in [0.4, 0.5) is 0 Å². The van der Waals surface area contributed by atoms with Gasteiger partial charge in [0, 0.05) is 19.3 Å². The van der Waals surface area contributed by atoms with Gasteiger partial charge < -0.3 is 4.74 Å². The number of hydrogen-bond donors (Lipinski definition) is 0. The van der Waals surface area contributed by atoms with Crippen LogP contribution in [0.2, 0.25) is 0 Å². The van der Waals surface area contributed by atoms with Gasteiger partial charge in [0.05, 0.1) is 6.61 Å². The molecule has 0 aliphatic rings. The van der Waals surface area contributed by atoms with Crippen molar-refractivity contribution in [1.82, 2.24) is 0 Å². The summed E-state index contributed by atoms with van der Waals surface area (Å²) in [5.74, 6) is 0.158. The maximum Gasteiger partial charge on any atom is 0.305 e. The van der Waals surface area contributed by atoms with Crippen LogP contribution >= 0.6 is 0 Å². The summed E-state index contributed by atoms with van der Waals surface area (Å²) in [4.78, 5) is 23.3. The molecule has 2 aromatic carbocycles. The standard InChI is InChI=1S/C23H28O3/c1-2-26-23(25)13-9-4-3-8-12-22(24)18-19-14-16-21(17-15-19)20-10-6-5-7-11-20/h5-7,10-11,14-17H,2-4,8-9,12-13,18H2,1H3. The van der Waals surface area contributed by atoms with Crippen molar-refractivity contribution in [1.29, 1.82) is 0 Å². The fourth-order valence-corrected chi connectivity index (χ4v) is 2.94. The Kier molecular flexibility index (Phi) is 8.61. The Morgan fingerprint density at radius 3 is 2.04 bits per heavy atom. The van der Waals surface area contributed by atoms with Crippen molar-refractivity contribution < 1.29 is 14.3 Å². The van der Waals surface area contributed by atoms with Gasteiger partial charge in [-0.1, -0.05) is 67.4 Å². The lowest BCUT2D eigenvalue weighted by atomic mass is 10.00. The van der Waals surface area contributed by atoms with Gasteiger partial charge in [0.15, 0.2) is 0 Å². The zero-order valence-electron chi connectivity index (χ0n) is 15.6. The van der Waals surface area contributed by atoms with E-state index in [1.807, 2.05) is 37.3 Å². The van der Waals surface area contributed by atoms with Crippen molar-refractivity contribution in [3.63, 3.8) is 0 Å². The van der Waals surface area contributed by atoms with Crippen molar-refractivity contribution in [3.05, 3.63) is 60.2 Å². The summed E-state index contributed by atoms with van der Waals surface area (Å²) in [6.07, 6.45) is 5.28. The minimum Gasteiger partial charge on any atom is -0.466 e. The number of Topliss-reactive ketones (excluding diaryl/α,β-unsaturated/α-hetero) is 1. The first-order valence-corrected chi connectivity index (χ1v) is 9.50. The first-order chi connectivity index (χ1) is 12.7. The summed E-state index contributed by atoms with van der Waals surface area (Å²) in [7, 11) is 0. The molecule has 0 fully saturated rings. The first-order valence-electron chi connectivity index (χ1n) is 9.50. The normalized spacial score (nSPS) is 10.5. The monoisotopic (exact) mass is 352 g/mol. The predicted octanol–water partition coefficient (Wildman–Crippen LogP) is 5.37. The third kappa shape index (κ3) is 7.22. The smallest absolute Gasteiger partial charge is 0.305 e. The fraction of sp³-hybridized carbons (Fsp3) is 0.391. The van der Waals surface area contributed by atoms with Gasteiger partial charge in [0.1, 0.15) is 5.78 Å². The molecule has 0 unspecified atom stereocenters. The van der Waals surface area contributed by atoms with Crippen molar-refractivity contribution in [2.75, 3.05) is 6.61 Å². The maximum atomic E-state index is 12.1. The molecule has 2 aromatic rings. The summed E-state index contributed by atoms with van der Waals surface area (Å²) < 4.78 is 4.90. The van der Waals surface area contributed by atoms with Gasteiger partial charge in [-0.25, -0.2) is 0 Å². The summed E-state index contributed by atoms with van der Waals surface area (Å²) in [6.45, 7) is 2.26. The highest BCUT2D eigenvalue weighted by Crippen LogP contribution is 2.19. The molecule has 0 aliphatic heterocycles. The molecular formula is C23H28O3. The van der Waals surface area contributed by atoms with E-state index in [0.717, 1.165) is 31.2 Å². The van der Waals surface area contributed by atoms with Gasteiger partial charge >= 0.3 is 5.97 Å². The number of ketones is 1. The van der Waals surface area contributed by atoms with Gasteiger partial charge in [0.25, 0.3) is 0 Å². The second-order valence-electron chi connectivity index (χ2n) is 6.50. The van der Waals surface area contributed by atoms with Gasteiger partial charge in [-0.2, -0.15) is 0 Å². The molecule has 0 atom stereocenters. The van der Waals surface area contributed by atoms with Crippen molar-refractivity contribution in [2.24, 2.45) is 0 Å². The molecule has 138 valence electrons. The van der Waals surface area contributed by atoms with Gasteiger partial charge in [-0.3, -0.25) is 9.59 Å². The van der Waals surface area contributed by atoms with Crippen LogP contribution in [0.25, 0.3) is 11.1 Å². The van der Waals surface area contributed by atoms with Crippen LogP contribution in [0.1, 0.15) is 51.0 Å². The molecule has 2 rings (SSSR count). The van der Waals surface area contributed by atoms with Crippen LogP contribution in [-0.2, 0) is 20.7 Å². The zero-order chi connectivity index (χ0) is 18.6. The van der Waals surface area contributed by atoms with E-state index in [9.17, 15) is 9.59 Å². The molecule has 0 bridgehead atoms. The third-order valence-electron chi connectivity index (χ3n) is 4.35. The Hall–Kier alpha value is -2.42. The van der Waals surface area contributed by atoms with E-state index in [2.05, 4.69) is 24.3 Å². The highest BCUT2D eigenvalue weighted by atomic mass is 16.5. The van der Waals surface area contributed by atoms with Crippen molar-refractivity contribution in [3.8, 4) is 11.1 Å². The predicted molar refractivity (Wildman–Crippen MR) is 105 cm³/mol. The largest absolute Gasteiger partial charge is 0.466 e. The van der Waals surface area contributed by atoms with Crippen LogP contribution in [0.15, 0.2) is 54.6 Å². The van der Waals surface area contributed by atoms with E-state index in [1.54, 1.807) is 0 Å².